The molecule has 0 amide bonds. The summed E-state index contributed by atoms with van der Waals surface area (Å²) in [7, 11) is 0. The van der Waals surface area contributed by atoms with Gasteiger partial charge in [0.25, 0.3) is 0 Å². The third kappa shape index (κ3) is 6.15. The standard InChI is InChI=1S/C17H29.Y/c1-4-7-10-15-13-14-16(11-8-5-2)17(15)12-9-6-3;/h4-13H2,1-3H3;/q-1;. The first-order valence-electron chi connectivity index (χ1n) is 7.64. The molecule has 101 valence electrons. The largest absolute Gasteiger partial charge is 0.269 e. The van der Waals surface area contributed by atoms with Crippen LogP contribution in [0.25, 0.3) is 0 Å². The van der Waals surface area contributed by atoms with Gasteiger partial charge in [0, 0.05) is 32.7 Å². The van der Waals surface area contributed by atoms with Gasteiger partial charge in [0.05, 0.1) is 0 Å². The van der Waals surface area contributed by atoms with E-state index in [2.05, 4.69) is 26.8 Å². The second kappa shape index (κ2) is 11.4. The van der Waals surface area contributed by atoms with E-state index < -0.39 is 0 Å². The molecule has 0 aromatic carbocycles. The predicted molar refractivity (Wildman–Crippen MR) is 77.0 cm³/mol. The predicted octanol–water partition coefficient (Wildman–Crippen LogP) is 5.98. The molecule has 1 aliphatic rings. The van der Waals surface area contributed by atoms with Crippen LogP contribution < -0.4 is 0 Å². The molecule has 1 heteroatoms. The maximum atomic E-state index is 3.65. The summed E-state index contributed by atoms with van der Waals surface area (Å²) in [6.07, 6.45) is 16.6. The molecule has 0 aliphatic heterocycles. The molecular formula is C17H29Y-. The Morgan fingerprint density at radius 1 is 0.833 bits per heavy atom. The SMILES string of the molecule is CCCCC1=[C-]CC(CCCC)=C1CCCC.[Y]. The van der Waals surface area contributed by atoms with Crippen LogP contribution in [0, 0.1) is 6.08 Å². The van der Waals surface area contributed by atoms with E-state index in [1.165, 1.54) is 57.8 Å². The van der Waals surface area contributed by atoms with Gasteiger partial charge in [-0.05, 0) is 6.42 Å². The summed E-state index contributed by atoms with van der Waals surface area (Å²) in [4.78, 5) is 0. The van der Waals surface area contributed by atoms with E-state index >= 15 is 0 Å². The summed E-state index contributed by atoms with van der Waals surface area (Å²) >= 11 is 0. The topological polar surface area (TPSA) is 0 Å². The molecule has 0 spiro atoms. The van der Waals surface area contributed by atoms with Crippen molar-refractivity contribution < 1.29 is 32.7 Å². The molecule has 0 saturated carbocycles. The Morgan fingerprint density at radius 3 is 2.00 bits per heavy atom. The van der Waals surface area contributed by atoms with Crippen molar-refractivity contribution in [2.75, 3.05) is 0 Å². The van der Waals surface area contributed by atoms with Crippen molar-refractivity contribution in [3.8, 4) is 0 Å². The van der Waals surface area contributed by atoms with Crippen molar-refractivity contribution in [2.45, 2.75) is 85.0 Å². The third-order valence-electron chi connectivity index (χ3n) is 3.70. The van der Waals surface area contributed by atoms with Crippen LogP contribution in [0.1, 0.15) is 85.0 Å². The van der Waals surface area contributed by atoms with Crippen molar-refractivity contribution in [3.05, 3.63) is 22.8 Å². The van der Waals surface area contributed by atoms with Gasteiger partial charge < -0.3 is 0 Å². The zero-order valence-electron chi connectivity index (χ0n) is 12.6. The molecular weight excluding hydrogens is 293 g/mol. The molecule has 0 bridgehead atoms. The van der Waals surface area contributed by atoms with Gasteiger partial charge >= 0.3 is 0 Å². The second-order valence-corrected chi connectivity index (χ2v) is 5.22. The van der Waals surface area contributed by atoms with E-state index in [4.69, 9.17) is 0 Å². The molecule has 0 saturated heterocycles. The van der Waals surface area contributed by atoms with E-state index in [1.54, 1.807) is 16.7 Å². The number of rotatable bonds is 9. The third-order valence-corrected chi connectivity index (χ3v) is 3.70. The molecule has 0 nitrogen and oxygen atoms in total. The van der Waals surface area contributed by atoms with Crippen LogP contribution in [0.2, 0.25) is 0 Å². The Labute approximate surface area is 140 Å². The number of hydrogen-bond acceptors (Lipinski definition) is 0. The summed E-state index contributed by atoms with van der Waals surface area (Å²) in [5, 5.41) is 0. The molecule has 1 rings (SSSR count). The molecule has 0 fully saturated rings. The summed E-state index contributed by atoms with van der Waals surface area (Å²) < 4.78 is 0. The summed E-state index contributed by atoms with van der Waals surface area (Å²) in [5.41, 5.74) is 4.99. The zero-order chi connectivity index (χ0) is 12.5. The minimum absolute atomic E-state index is 0. The first kappa shape index (κ1) is 18.6. The van der Waals surface area contributed by atoms with Gasteiger partial charge in [0.1, 0.15) is 0 Å². The van der Waals surface area contributed by atoms with E-state index in [0.29, 0.717) is 0 Å². The Bertz CT molecular complexity index is 273. The zero-order valence-corrected chi connectivity index (χ0v) is 15.5. The minimum atomic E-state index is 0. The van der Waals surface area contributed by atoms with E-state index in [0.717, 1.165) is 6.42 Å². The van der Waals surface area contributed by atoms with E-state index in [-0.39, 0.29) is 32.7 Å². The Hall–Kier alpha value is 0.584. The van der Waals surface area contributed by atoms with Gasteiger partial charge in [0.15, 0.2) is 0 Å². The normalized spacial score (nSPS) is 14.7. The van der Waals surface area contributed by atoms with Crippen LogP contribution in [-0.4, -0.2) is 0 Å². The van der Waals surface area contributed by atoms with Crippen molar-refractivity contribution in [2.24, 2.45) is 0 Å². The second-order valence-electron chi connectivity index (χ2n) is 5.22. The average Bonchev–Trinajstić information content (AvgIpc) is 2.73. The van der Waals surface area contributed by atoms with Gasteiger partial charge in [-0.3, -0.25) is 6.08 Å². The first-order valence-corrected chi connectivity index (χ1v) is 7.64. The van der Waals surface area contributed by atoms with Crippen LogP contribution in [-0.2, 0) is 32.7 Å². The van der Waals surface area contributed by atoms with Crippen molar-refractivity contribution in [3.63, 3.8) is 0 Å². The van der Waals surface area contributed by atoms with Crippen molar-refractivity contribution in [1.29, 1.82) is 0 Å². The van der Waals surface area contributed by atoms with Crippen LogP contribution in [0.5, 0.6) is 0 Å². The van der Waals surface area contributed by atoms with Gasteiger partial charge in [-0.2, -0.15) is 11.1 Å². The molecule has 0 atom stereocenters. The molecule has 0 heterocycles. The number of unbranched alkanes of at least 4 members (excludes halogenated alkanes) is 3. The molecule has 1 radical (unpaired) electrons. The maximum absolute atomic E-state index is 3.65. The molecule has 0 unspecified atom stereocenters. The fourth-order valence-electron chi connectivity index (χ4n) is 2.54. The quantitative estimate of drug-likeness (QED) is 0.458. The van der Waals surface area contributed by atoms with Crippen LogP contribution in [0.4, 0.5) is 0 Å². The summed E-state index contributed by atoms with van der Waals surface area (Å²) in [6.45, 7) is 6.86. The molecule has 1 aliphatic carbocycles. The van der Waals surface area contributed by atoms with Crippen LogP contribution in [0.3, 0.4) is 0 Å². The van der Waals surface area contributed by atoms with Crippen LogP contribution in [0.15, 0.2) is 16.7 Å². The Kier molecular flexibility index (Phi) is 11.8. The molecule has 0 aromatic heterocycles. The van der Waals surface area contributed by atoms with Gasteiger partial charge in [-0.25, -0.2) is 5.57 Å². The maximum Gasteiger partial charge on any atom is 0 e. The molecule has 0 N–H and O–H groups in total. The minimum Gasteiger partial charge on any atom is -0.269 e. The van der Waals surface area contributed by atoms with E-state index in [9.17, 15) is 0 Å². The first-order chi connectivity index (χ1) is 8.33. The Balaban J connectivity index is 0.00000289. The van der Waals surface area contributed by atoms with Crippen LogP contribution >= 0.6 is 0 Å². The van der Waals surface area contributed by atoms with Gasteiger partial charge in [-0.1, -0.05) is 72.1 Å². The van der Waals surface area contributed by atoms with Gasteiger partial charge in [0.2, 0.25) is 0 Å². The van der Waals surface area contributed by atoms with Gasteiger partial charge in [-0.15, -0.1) is 6.42 Å². The average molecular weight is 322 g/mol. The van der Waals surface area contributed by atoms with E-state index in [1.807, 2.05) is 0 Å². The number of hydrogen-bond donors (Lipinski definition) is 0. The van der Waals surface area contributed by atoms with Crippen molar-refractivity contribution >= 4 is 0 Å². The molecule has 18 heavy (non-hydrogen) atoms. The van der Waals surface area contributed by atoms with Crippen molar-refractivity contribution in [1.82, 2.24) is 0 Å². The fraction of sp³-hybridized carbons (Fsp3) is 0.765. The monoisotopic (exact) mass is 322 g/mol. The Morgan fingerprint density at radius 2 is 1.39 bits per heavy atom. The molecule has 0 aromatic rings. The fourth-order valence-corrected chi connectivity index (χ4v) is 2.54. The summed E-state index contributed by atoms with van der Waals surface area (Å²) in [5.74, 6) is 0. The summed E-state index contributed by atoms with van der Waals surface area (Å²) in [6, 6.07) is 0. The number of allylic oxidation sites excluding steroid dienone is 4. The smallest absolute Gasteiger partial charge is 0 e.